The number of nitrogens with one attached hydrogen (secondary N) is 1. The molecule has 16 heavy (non-hydrogen) atoms. The Hall–Kier alpha value is -1.42. The first-order valence-electron chi connectivity index (χ1n) is 4.88. The fourth-order valence-electron chi connectivity index (χ4n) is 1.41. The molecule has 1 aromatic carbocycles. The summed E-state index contributed by atoms with van der Waals surface area (Å²) in [5.41, 5.74) is 2.06. The van der Waals surface area contributed by atoms with Crippen LogP contribution < -0.4 is 10.1 Å². The van der Waals surface area contributed by atoms with Gasteiger partial charge in [0.1, 0.15) is 5.75 Å². The Bertz CT molecular complexity index is 454. The third-order valence-electron chi connectivity index (χ3n) is 2.22. The first kappa shape index (κ1) is 11.1. The molecule has 0 aliphatic heterocycles. The van der Waals surface area contributed by atoms with Crippen molar-refractivity contribution in [3.8, 4) is 5.75 Å². The first-order chi connectivity index (χ1) is 7.79. The zero-order chi connectivity index (χ0) is 11.4. The molecule has 0 atom stereocenters. The molecule has 1 N–H and O–H groups in total. The molecule has 0 radical (unpaired) electrons. The zero-order valence-electron chi connectivity index (χ0n) is 8.87. The molecule has 0 amide bonds. The van der Waals surface area contributed by atoms with Gasteiger partial charge in [0.15, 0.2) is 0 Å². The van der Waals surface area contributed by atoms with Crippen molar-refractivity contribution >= 4 is 21.6 Å². The molecule has 0 spiro atoms. The zero-order valence-corrected chi connectivity index (χ0v) is 10.5. The van der Waals surface area contributed by atoms with E-state index in [0.29, 0.717) is 6.54 Å². The Morgan fingerprint density at radius 1 is 1.38 bits per heavy atom. The summed E-state index contributed by atoms with van der Waals surface area (Å²) in [6.07, 6.45) is 3.38. The van der Waals surface area contributed by atoms with Crippen LogP contribution in [-0.2, 0) is 6.54 Å². The first-order valence-corrected chi connectivity index (χ1v) is 5.67. The van der Waals surface area contributed by atoms with Crippen molar-refractivity contribution in [3.63, 3.8) is 0 Å². The molecule has 1 heterocycles. The monoisotopic (exact) mass is 281 g/mol. The van der Waals surface area contributed by atoms with Crippen LogP contribution in [0.5, 0.6) is 5.75 Å². The van der Waals surface area contributed by atoms with Gasteiger partial charge in [-0.1, -0.05) is 15.9 Å². The minimum atomic E-state index is 0.712. The molecule has 1 aromatic heterocycles. The predicted octanol–water partition coefficient (Wildman–Crippen LogP) is 3.66. The Labute approximate surface area is 103 Å². The van der Waals surface area contributed by atoms with E-state index in [-0.39, 0.29) is 0 Å². The van der Waals surface area contributed by atoms with E-state index in [4.69, 9.17) is 9.15 Å². The minimum Gasteiger partial charge on any atom is -0.495 e. The maximum Gasteiger partial charge on any atom is 0.142 e. The van der Waals surface area contributed by atoms with E-state index >= 15 is 0 Å². The van der Waals surface area contributed by atoms with E-state index in [1.807, 2.05) is 24.3 Å². The van der Waals surface area contributed by atoms with Crippen molar-refractivity contribution in [3.05, 3.63) is 46.8 Å². The number of rotatable bonds is 4. The number of benzene rings is 1. The molecule has 0 fully saturated rings. The summed E-state index contributed by atoms with van der Waals surface area (Å²) in [7, 11) is 1.66. The fourth-order valence-corrected chi connectivity index (χ4v) is 1.77. The summed E-state index contributed by atoms with van der Waals surface area (Å²) in [5, 5.41) is 3.29. The molecule has 0 saturated carbocycles. The Kier molecular flexibility index (Phi) is 3.51. The number of hydrogen-bond donors (Lipinski definition) is 1. The second kappa shape index (κ2) is 5.07. The highest BCUT2D eigenvalue weighted by atomic mass is 79.9. The lowest BCUT2D eigenvalue weighted by Crippen LogP contribution is -2.00. The average Bonchev–Trinajstić information content (AvgIpc) is 2.79. The third kappa shape index (κ3) is 2.58. The van der Waals surface area contributed by atoms with Gasteiger partial charge in [0.05, 0.1) is 25.3 Å². The van der Waals surface area contributed by atoms with Crippen molar-refractivity contribution in [2.45, 2.75) is 6.54 Å². The fraction of sp³-hybridized carbons (Fsp3) is 0.167. The quantitative estimate of drug-likeness (QED) is 0.929. The summed E-state index contributed by atoms with van der Waals surface area (Å²) >= 11 is 3.43. The van der Waals surface area contributed by atoms with E-state index < -0.39 is 0 Å². The molecule has 84 valence electrons. The van der Waals surface area contributed by atoms with Gasteiger partial charge in [-0.05, 0) is 24.3 Å². The molecular weight excluding hydrogens is 270 g/mol. The standard InChI is InChI=1S/C12H12BrNO2/c1-15-12-3-2-10(13)6-11(12)14-7-9-4-5-16-8-9/h2-6,8,14H,7H2,1H3. The normalized spacial score (nSPS) is 10.1. The lowest BCUT2D eigenvalue weighted by atomic mass is 10.2. The molecule has 0 aliphatic rings. The van der Waals surface area contributed by atoms with Crippen LogP contribution in [0.15, 0.2) is 45.7 Å². The highest BCUT2D eigenvalue weighted by molar-refractivity contribution is 9.10. The smallest absolute Gasteiger partial charge is 0.142 e. The summed E-state index contributed by atoms with van der Waals surface area (Å²) in [5.74, 6) is 0.826. The molecule has 0 bridgehead atoms. The van der Waals surface area contributed by atoms with Crippen LogP contribution in [0.1, 0.15) is 5.56 Å². The van der Waals surface area contributed by atoms with Crippen molar-refractivity contribution in [2.75, 3.05) is 12.4 Å². The summed E-state index contributed by atoms with van der Waals surface area (Å²) in [6.45, 7) is 0.712. The van der Waals surface area contributed by atoms with Crippen LogP contribution >= 0.6 is 15.9 Å². The molecular formula is C12H12BrNO2. The van der Waals surface area contributed by atoms with Gasteiger partial charge in [-0.2, -0.15) is 0 Å². The summed E-state index contributed by atoms with van der Waals surface area (Å²) in [6, 6.07) is 7.78. The Morgan fingerprint density at radius 2 is 2.25 bits per heavy atom. The molecule has 0 saturated heterocycles. The van der Waals surface area contributed by atoms with Gasteiger partial charge in [0.25, 0.3) is 0 Å². The van der Waals surface area contributed by atoms with Crippen LogP contribution in [0, 0.1) is 0 Å². The van der Waals surface area contributed by atoms with Gasteiger partial charge >= 0.3 is 0 Å². The van der Waals surface area contributed by atoms with Crippen molar-refractivity contribution in [2.24, 2.45) is 0 Å². The lowest BCUT2D eigenvalue weighted by Gasteiger charge is -2.10. The van der Waals surface area contributed by atoms with Gasteiger partial charge < -0.3 is 14.5 Å². The number of hydrogen-bond acceptors (Lipinski definition) is 3. The molecule has 0 aliphatic carbocycles. The topological polar surface area (TPSA) is 34.4 Å². The number of ether oxygens (including phenoxy) is 1. The third-order valence-corrected chi connectivity index (χ3v) is 2.72. The van der Waals surface area contributed by atoms with Gasteiger partial charge in [0, 0.05) is 16.6 Å². The van der Waals surface area contributed by atoms with Gasteiger partial charge in [0.2, 0.25) is 0 Å². The number of halogens is 1. The van der Waals surface area contributed by atoms with Crippen LogP contribution in [0.2, 0.25) is 0 Å². The van der Waals surface area contributed by atoms with E-state index in [2.05, 4.69) is 21.2 Å². The Balaban J connectivity index is 2.11. The van der Waals surface area contributed by atoms with Crippen molar-refractivity contribution in [1.29, 1.82) is 0 Å². The molecule has 2 aromatic rings. The Morgan fingerprint density at radius 3 is 2.94 bits per heavy atom. The molecule has 2 rings (SSSR count). The maximum atomic E-state index is 5.26. The number of methoxy groups -OCH3 is 1. The molecule has 0 unspecified atom stereocenters. The van der Waals surface area contributed by atoms with Crippen molar-refractivity contribution < 1.29 is 9.15 Å². The minimum absolute atomic E-state index is 0.712. The highest BCUT2D eigenvalue weighted by Gasteiger charge is 2.03. The summed E-state index contributed by atoms with van der Waals surface area (Å²) in [4.78, 5) is 0. The van der Waals surface area contributed by atoms with Crippen LogP contribution in [0.4, 0.5) is 5.69 Å². The van der Waals surface area contributed by atoms with E-state index in [1.54, 1.807) is 19.6 Å². The summed E-state index contributed by atoms with van der Waals surface area (Å²) < 4.78 is 11.3. The second-order valence-corrected chi connectivity index (χ2v) is 4.25. The van der Waals surface area contributed by atoms with Gasteiger partial charge in [-0.3, -0.25) is 0 Å². The van der Waals surface area contributed by atoms with E-state index in [0.717, 1.165) is 21.5 Å². The van der Waals surface area contributed by atoms with Crippen molar-refractivity contribution in [1.82, 2.24) is 0 Å². The average molecular weight is 282 g/mol. The van der Waals surface area contributed by atoms with Crippen LogP contribution in [-0.4, -0.2) is 7.11 Å². The van der Waals surface area contributed by atoms with E-state index in [9.17, 15) is 0 Å². The molecule has 4 heteroatoms. The SMILES string of the molecule is COc1ccc(Br)cc1NCc1ccoc1. The maximum absolute atomic E-state index is 5.26. The largest absolute Gasteiger partial charge is 0.495 e. The van der Waals surface area contributed by atoms with Crippen LogP contribution in [0.3, 0.4) is 0 Å². The van der Waals surface area contributed by atoms with E-state index in [1.165, 1.54) is 0 Å². The highest BCUT2D eigenvalue weighted by Crippen LogP contribution is 2.28. The predicted molar refractivity (Wildman–Crippen MR) is 66.7 cm³/mol. The van der Waals surface area contributed by atoms with Crippen LogP contribution in [0.25, 0.3) is 0 Å². The van der Waals surface area contributed by atoms with Gasteiger partial charge in [-0.25, -0.2) is 0 Å². The second-order valence-electron chi connectivity index (χ2n) is 3.33. The lowest BCUT2D eigenvalue weighted by molar-refractivity contribution is 0.416. The molecule has 3 nitrogen and oxygen atoms in total. The van der Waals surface area contributed by atoms with Gasteiger partial charge in [-0.15, -0.1) is 0 Å². The number of anilines is 1. The number of furan rings is 1.